The fraction of sp³-hybridized carbons (Fsp3) is 1.00. The van der Waals surface area contributed by atoms with Crippen molar-refractivity contribution in [3.63, 3.8) is 0 Å². The summed E-state index contributed by atoms with van der Waals surface area (Å²) >= 11 is 0. The molecule has 0 unspecified atom stereocenters. The predicted molar refractivity (Wildman–Crippen MR) is 76.8 cm³/mol. The van der Waals surface area contributed by atoms with Gasteiger partial charge in [-0.2, -0.15) is 0 Å². The van der Waals surface area contributed by atoms with E-state index in [-0.39, 0.29) is 0 Å². The second-order valence-electron chi connectivity index (χ2n) is 7.63. The van der Waals surface area contributed by atoms with Gasteiger partial charge in [0.2, 0.25) is 0 Å². The zero-order valence-corrected chi connectivity index (χ0v) is 12.9. The first-order chi connectivity index (χ1) is 8.36. The van der Waals surface area contributed by atoms with E-state index >= 15 is 0 Å². The maximum absolute atomic E-state index is 5.84. The van der Waals surface area contributed by atoms with E-state index in [0.717, 1.165) is 12.0 Å². The van der Waals surface area contributed by atoms with Gasteiger partial charge in [0.15, 0.2) is 0 Å². The van der Waals surface area contributed by atoms with Crippen LogP contribution in [0, 0.1) is 11.3 Å². The summed E-state index contributed by atoms with van der Waals surface area (Å²) in [6.07, 6.45) is 6.52. The minimum Gasteiger partial charge on any atom is -0.373 e. The van der Waals surface area contributed by atoms with Crippen molar-refractivity contribution in [1.82, 2.24) is 4.90 Å². The quantitative estimate of drug-likeness (QED) is 0.760. The summed E-state index contributed by atoms with van der Waals surface area (Å²) in [6.45, 7) is 13.8. The lowest BCUT2D eigenvalue weighted by Crippen LogP contribution is -2.57. The van der Waals surface area contributed by atoms with Gasteiger partial charge in [-0.3, -0.25) is 4.90 Å². The normalized spacial score (nSPS) is 31.7. The van der Waals surface area contributed by atoms with E-state index in [4.69, 9.17) is 4.74 Å². The molecule has 0 amide bonds. The fourth-order valence-electron chi connectivity index (χ4n) is 3.55. The minimum absolute atomic E-state index is 0.383. The first kappa shape index (κ1) is 14.3. The van der Waals surface area contributed by atoms with Crippen LogP contribution in [0.2, 0.25) is 0 Å². The molecule has 0 N–H and O–H groups in total. The predicted octanol–water partition coefficient (Wildman–Crippen LogP) is 3.70. The molecule has 18 heavy (non-hydrogen) atoms. The van der Waals surface area contributed by atoms with Crippen molar-refractivity contribution < 1.29 is 4.74 Å². The molecular weight excluding hydrogens is 222 g/mol. The molecule has 106 valence electrons. The lowest BCUT2D eigenvalue weighted by molar-refractivity contribution is -0.102. The maximum atomic E-state index is 5.84. The average molecular weight is 253 g/mol. The average Bonchev–Trinajstić information content (AvgIpc) is 2.21. The van der Waals surface area contributed by atoms with Crippen LogP contribution in [-0.4, -0.2) is 36.2 Å². The van der Waals surface area contributed by atoms with E-state index < -0.39 is 0 Å². The molecule has 0 radical (unpaired) electrons. The Morgan fingerprint density at radius 1 is 1.00 bits per heavy atom. The SMILES string of the molecule is CC(C)OC1CN(C2CCC(C(C)(C)C)CC2)C1. The molecule has 0 aromatic carbocycles. The summed E-state index contributed by atoms with van der Waals surface area (Å²) in [7, 11) is 0. The number of rotatable bonds is 3. The molecule has 2 aliphatic rings. The maximum Gasteiger partial charge on any atom is 0.0832 e. The van der Waals surface area contributed by atoms with Crippen LogP contribution in [0.25, 0.3) is 0 Å². The third-order valence-electron chi connectivity index (χ3n) is 4.78. The van der Waals surface area contributed by atoms with Crippen LogP contribution in [0.4, 0.5) is 0 Å². The third-order valence-corrected chi connectivity index (χ3v) is 4.78. The molecule has 0 bridgehead atoms. The van der Waals surface area contributed by atoms with E-state index in [0.29, 0.717) is 17.6 Å². The van der Waals surface area contributed by atoms with E-state index in [1.807, 2.05) is 0 Å². The first-order valence-corrected chi connectivity index (χ1v) is 7.75. The summed E-state index contributed by atoms with van der Waals surface area (Å²) < 4.78 is 5.84. The van der Waals surface area contributed by atoms with Crippen molar-refractivity contribution in [2.75, 3.05) is 13.1 Å². The van der Waals surface area contributed by atoms with Gasteiger partial charge in [-0.1, -0.05) is 20.8 Å². The van der Waals surface area contributed by atoms with E-state index in [2.05, 4.69) is 39.5 Å². The zero-order chi connectivity index (χ0) is 13.3. The van der Waals surface area contributed by atoms with Crippen molar-refractivity contribution in [1.29, 1.82) is 0 Å². The van der Waals surface area contributed by atoms with Gasteiger partial charge in [0.1, 0.15) is 0 Å². The molecule has 0 aromatic rings. The van der Waals surface area contributed by atoms with Crippen molar-refractivity contribution in [3.05, 3.63) is 0 Å². The molecular formula is C16H31NO. The van der Waals surface area contributed by atoms with Crippen molar-refractivity contribution in [2.24, 2.45) is 11.3 Å². The largest absolute Gasteiger partial charge is 0.373 e. The molecule has 2 heteroatoms. The Labute approximate surface area is 113 Å². The third kappa shape index (κ3) is 3.48. The molecule has 2 rings (SSSR count). The van der Waals surface area contributed by atoms with Gasteiger partial charge in [-0.25, -0.2) is 0 Å². The van der Waals surface area contributed by atoms with Gasteiger partial charge >= 0.3 is 0 Å². The number of hydrogen-bond acceptors (Lipinski definition) is 2. The number of ether oxygens (including phenoxy) is 1. The van der Waals surface area contributed by atoms with Crippen LogP contribution in [-0.2, 0) is 4.74 Å². The van der Waals surface area contributed by atoms with Crippen LogP contribution in [0.15, 0.2) is 0 Å². The van der Waals surface area contributed by atoms with Crippen LogP contribution in [0.3, 0.4) is 0 Å². The summed E-state index contributed by atoms with van der Waals surface area (Å²) in [5.41, 5.74) is 0.503. The Kier molecular flexibility index (Phi) is 4.38. The summed E-state index contributed by atoms with van der Waals surface area (Å²) in [4.78, 5) is 2.64. The van der Waals surface area contributed by atoms with Gasteiger partial charge < -0.3 is 4.74 Å². The Bertz CT molecular complexity index is 255. The summed E-state index contributed by atoms with van der Waals surface area (Å²) in [5, 5.41) is 0. The Hall–Kier alpha value is -0.0800. The fourth-order valence-corrected chi connectivity index (χ4v) is 3.55. The standard InChI is InChI=1S/C16H31NO/c1-12(2)18-15-10-17(11-15)14-8-6-13(7-9-14)16(3,4)5/h12-15H,6-11H2,1-5H3. The Morgan fingerprint density at radius 3 is 2.00 bits per heavy atom. The summed E-state index contributed by atoms with van der Waals surface area (Å²) in [6, 6.07) is 0.843. The van der Waals surface area contributed by atoms with E-state index in [1.54, 1.807) is 0 Å². The highest BCUT2D eigenvalue weighted by molar-refractivity contribution is 4.91. The monoisotopic (exact) mass is 253 g/mol. The van der Waals surface area contributed by atoms with Gasteiger partial charge in [-0.15, -0.1) is 0 Å². The van der Waals surface area contributed by atoms with E-state index in [1.165, 1.54) is 38.8 Å². The molecule has 0 atom stereocenters. The molecule has 1 aliphatic carbocycles. The Morgan fingerprint density at radius 2 is 1.56 bits per heavy atom. The van der Waals surface area contributed by atoms with Gasteiger partial charge in [0.25, 0.3) is 0 Å². The van der Waals surface area contributed by atoms with Crippen LogP contribution < -0.4 is 0 Å². The molecule has 2 nitrogen and oxygen atoms in total. The van der Waals surface area contributed by atoms with Gasteiger partial charge in [0, 0.05) is 19.1 Å². The number of hydrogen-bond donors (Lipinski definition) is 0. The minimum atomic E-state index is 0.383. The van der Waals surface area contributed by atoms with Crippen LogP contribution in [0.1, 0.15) is 60.3 Å². The zero-order valence-electron chi connectivity index (χ0n) is 12.9. The molecule has 2 fully saturated rings. The van der Waals surface area contributed by atoms with Crippen molar-refractivity contribution in [2.45, 2.75) is 78.6 Å². The van der Waals surface area contributed by atoms with E-state index in [9.17, 15) is 0 Å². The molecule has 1 saturated heterocycles. The first-order valence-electron chi connectivity index (χ1n) is 7.75. The van der Waals surface area contributed by atoms with Gasteiger partial charge in [-0.05, 0) is 50.9 Å². The Balaban J connectivity index is 1.69. The molecule has 1 saturated carbocycles. The lowest BCUT2D eigenvalue weighted by atomic mass is 9.71. The van der Waals surface area contributed by atoms with Crippen molar-refractivity contribution >= 4 is 0 Å². The van der Waals surface area contributed by atoms with Gasteiger partial charge in [0.05, 0.1) is 12.2 Å². The molecule has 1 aliphatic heterocycles. The smallest absolute Gasteiger partial charge is 0.0832 e. The second kappa shape index (κ2) is 5.50. The van der Waals surface area contributed by atoms with Crippen molar-refractivity contribution in [3.8, 4) is 0 Å². The second-order valence-corrected chi connectivity index (χ2v) is 7.63. The molecule has 1 heterocycles. The summed E-state index contributed by atoms with van der Waals surface area (Å²) in [5.74, 6) is 0.928. The highest BCUT2D eigenvalue weighted by Crippen LogP contribution is 2.39. The highest BCUT2D eigenvalue weighted by atomic mass is 16.5. The molecule has 0 spiro atoms. The molecule has 0 aromatic heterocycles. The lowest BCUT2D eigenvalue weighted by Gasteiger charge is -2.48. The highest BCUT2D eigenvalue weighted by Gasteiger charge is 2.37. The number of nitrogens with zero attached hydrogens (tertiary/aromatic N) is 1. The number of likely N-dealkylation sites (tertiary alicyclic amines) is 1. The van der Waals surface area contributed by atoms with Crippen LogP contribution in [0.5, 0.6) is 0 Å². The topological polar surface area (TPSA) is 12.5 Å². The van der Waals surface area contributed by atoms with Crippen LogP contribution >= 0.6 is 0 Å².